The molecule has 0 radical (unpaired) electrons. The van der Waals surface area contributed by atoms with E-state index in [1.54, 1.807) is 18.2 Å². The summed E-state index contributed by atoms with van der Waals surface area (Å²) in [5.41, 5.74) is -1.17. The fraction of sp³-hybridized carbons (Fsp3) is 0.318. The average Bonchev–Trinajstić information content (AvgIpc) is 3.58. The summed E-state index contributed by atoms with van der Waals surface area (Å²) in [6.45, 7) is 0.983. The van der Waals surface area contributed by atoms with Crippen molar-refractivity contribution in [2.45, 2.75) is 37.9 Å². The molecular weight excluding hydrogens is 419 g/mol. The summed E-state index contributed by atoms with van der Waals surface area (Å²) in [5.74, 6) is -1.58. The Morgan fingerprint density at radius 3 is 2.62 bits per heavy atom. The molecule has 2 fully saturated rings. The molecule has 0 spiro atoms. The third-order valence-corrected chi connectivity index (χ3v) is 5.81. The van der Waals surface area contributed by atoms with E-state index in [-0.39, 0.29) is 23.8 Å². The van der Waals surface area contributed by atoms with Crippen molar-refractivity contribution >= 4 is 23.5 Å². The molecule has 1 aliphatic heterocycles. The minimum atomic E-state index is -1.54. The Morgan fingerprint density at radius 1 is 1.25 bits per heavy atom. The van der Waals surface area contributed by atoms with Crippen LogP contribution in [0.1, 0.15) is 30.9 Å². The molecule has 1 unspecified atom stereocenters. The largest absolute Gasteiger partial charge is 0.334 e. The normalized spacial score (nSPS) is 20.2. The second-order valence-electron chi connectivity index (χ2n) is 8.10. The number of imide groups is 1. The van der Waals surface area contributed by atoms with Crippen molar-refractivity contribution in [2.75, 3.05) is 6.54 Å². The van der Waals surface area contributed by atoms with Gasteiger partial charge in [-0.15, -0.1) is 0 Å². The second-order valence-corrected chi connectivity index (χ2v) is 8.10. The zero-order valence-electron chi connectivity index (χ0n) is 17.3. The van der Waals surface area contributed by atoms with Crippen molar-refractivity contribution in [3.63, 3.8) is 0 Å². The number of carbonyl (C=O) groups excluding carboxylic acids is 3. The number of nitrogens with one attached hydrogen (secondary N) is 1. The molecule has 32 heavy (non-hydrogen) atoms. The average molecular weight is 440 g/mol. The summed E-state index contributed by atoms with van der Waals surface area (Å²) in [5, 5.41) is 13.6. The van der Waals surface area contributed by atoms with E-state index in [0.29, 0.717) is 5.56 Å². The highest BCUT2D eigenvalue weighted by Gasteiger charge is 2.50. The maximum Gasteiger partial charge on any atom is 0.325 e. The van der Waals surface area contributed by atoms with Gasteiger partial charge in [0.15, 0.2) is 0 Å². The molecule has 0 aromatic heterocycles. The topological polar surface area (TPSA) is 113 Å². The van der Waals surface area contributed by atoms with Crippen molar-refractivity contribution in [1.29, 1.82) is 0 Å². The van der Waals surface area contributed by atoms with Gasteiger partial charge in [-0.05, 0) is 31.4 Å². The number of benzene rings is 2. The highest BCUT2D eigenvalue weighted by Crippen LogP contribution is 2.32. The maximum atomic E-state index is 14.1. The van der Waals surface area contributed by atoms with Crippen molar-refractivity contribution in [2.24, 2.45) is 0 Å². The Balaban J connectivity index is 1.53. The number of amides is 4. The van der Waals surface area contributed by atoms with Gasteiger partial charge in [0, 0.05) is 30.3 Å². The first-order valence-corrected chi connectivity index (χ1v) is 10.1. The van der Waals surface area contributed by atoms with E-state index >= 15 is 0 Å². The predicted octanol–water partition coefficient (Wildman–Crippen LogP) is 2.69. The molecular formula is C22H21FN4O5. The van der Waals surface area contributed by atoms with Crippen LogP contribution in [0.2, 0.25) is 0 Å². The highest BCUT2D eigenvalue weighted by molar-refractivity contribution is 6.09. The number of non-ortho nitro benzene ring substituents is 1. The van der Waals surface area contributed by atoms with Gasteiger partial charge in [-0.1, -0.05) is 30.3 Å². The summed E-state index contributed by atoms with van der Waals surface area (Å²) in [7, 11) is 0. The molecule has 1 N–H and O–H groups in total. The van der Waals surface area contributed by atoms with Crippen LogP contribution in [0.15, 0.2) is 48.5 Å². The summed E-state index contributed by atoms with van der Waals surface area (Å²) >= 11 is 0. The molecule has 2 aliphatic rings. The third kappa shape index (κ3) is 3.91. The molecule has 4 amide bonds. The van der Waals surface area contributed by atoms with Crippen molar-refractivity contribution < 1.29 is 23.7 Å². The molecule has 1 saturated carbocycles. The number of nitrogens with zero attached hydrogens (tertiary/aromatic N) is 3. The monoisotopic (exact) mass is 440 g/mol. The summed E-state index contributed by atoms with van der Waals surface area (Å²) in [4.78, 5) is 51.5. The standard InChI is InChI=1S/C22H21FN4O5/c1-22(15-6-4-7-17(11-15)27(31)32)20(29)26(21(30)24-22)13-19(28)25(16-9-10-16)12-14-5-2-3-8-18(14)23/h2-8,11,16H,9-10,12-13H2,1H3,(H,24,30). The lowest BCUT2D eigenvalue weighted by molar-refractivity contribution is -0.385. The molecule has 0 bridgehead atoms. The van der Waals surface area contributed by atoms with Gasteiger partial charge in [-0.25, -0.2) is 9.18 Å². The number of hydrogen-bond acceptors (Lipinski definition) is 5. The minimum absolute atomic E-state index is 0.0436. The maximum absolute atomic E-state index is 14.1. The lowest BCUT2D eigenvalue weighted by Gasteiger charge is -2.25. The number of rotatable bonds is 7. The first-order chi connectivity index (χ1) is 15.2. The van der Waals surface area contributed by atoms with E-state index in [1.807, 2.05) is 0 Å². The predicted molar refractivity (Wildman–Crippen MR) is 111 cm³/mol. The van der Waals surface area contributed by atoms with Crippen LogP contribution in [0.3, 0.4) is 0 Å². The Labute approximate surface area is 182 Å². The Kier molecular flexibility index (Phi) is 5.37. The molecule has 10 heteroatoms. The lowest BCUT2D eigenvalue weighted by atomic mass is 9.91. The van der Waals surface area contributed by atoms with Gasteiger partial charge < -0.3 is 10.2 Å². The molecule has 166 valence electrons. The molecule has 4 rings (SSSR count). The van der Waals surface area contributed by atoms with Gasteiger partial charge in [-0.3, -0.25) is 24.6 Å². The van der Waals surface area contributed by atoms with Gasteiger partial charge >= 0.3 is 6.03 Å². The van der Waals surface area contributed by atoms with Gasteiger partial charge in [0.1, 0.15) is 17.9 Å². The van der Waals surface area contributed by atoms with Crippen LogP contribution >= 0.6 is 0 Å². The van der Waals surface area contributed by atoms with Gasteiger partial charge in [-0.2, -0.15) is 0 Å². The molecule has 1 heterocycles. The van der Waals surface area contributed by atoms with E-state index in [0.717, 1.165) is 17.7 Å². The SMILES string of the molecule is CC1(c2cccc([N+](=O)[O-])c2)NC(=O)N(CC(=O)N(Cc2ccccc2F)C2CC2)C1=O. The fourth-order valence-electron chi connectivity index (χ4n) is 3.81. The van der Waals surface area contributed by atoms with Crippen molar-refractivity contribution in [3.8, 4) is 0 Å². The smallest absolute Gasteiger partial charge is 0.325 e. The quantitative estimate of drug-likeness (QED) is 0.404. The lowest BCUT2D eigenvalue weighted by Crippen LogP contribution is -2.45. The number of hydrogen-bond donors (Lipinski definition) is 1. The Bertz CT molecular complexity index is 1120. The first-order valence-electron chi connectivity index (χ1n) is 10.1. The third-order valence-electron chi connectivity index (χ3n) is 5.81. The van der Waals surface area contributed by atoms with E-state index in [4.69, 9.17) is 0 Å². The van der Waals surface area contributed by atoms with Crippen LogP contribution < -0.4 is 5.32 Å². The van der Waals surface area contributed by atoms with Gasteiger partial charge in [0.25, 0.3) is 11.6 Å². The molecule has 1 atom stereocenters. The van der Waals surface area contributed by atoms with Crippen LogP contribution in [0.25, 0.3) is 0 Å². The van der Waals surface area contributed by atoms with Crippen LogP contribution in [-0.4, -0.2) is 45.2 Å². The first kappa shape index (κ1) is 21.4. The summed E-state index contributed by atoms with van der Waals surface area (Å²) in [6.07, 6.45) is 1.54. The second kappa shape index (κ2) is 8.03. The van der Waals surface area contributed by atoms with E-state index < -0.39 is 40.7 Å². The summed E-state index contributed by atoms with van der Waals surface area (Å²) in [6, 6.07) is 10.7. The molecule has 2 aromatic carbocycles. The Morgan fingerprint density at radius 2 is 1.97 bits per heavy atom. The zero-order chi connectivity index (χ0) is 23.0. The van der Waals surface area contributed by atoms with Crippen LogP contribution in [0.5, 0.6) is 0 Å². The van der Waals surface area contributed by atoms with E-state index in [2.05, 4.69) is 5.32 Å². The fourth-order valence-corrected chi connectivity index (χ4v) is 3.81. The summed E-state index contributed by atoms with van der Waals surface area (Å²) < 4.78 is 14.1. The van der Waals surface area contributed by atoms with Crippen molar-refractivity contribution in [3.05, 3.63) is 75.6 Å². The molecule has 1 saturated heterocycles. The number of halogens is 1. The Hall–Kier alpha value is -3.82. The van der Waals surface area contributed by atoms with Gasteiger partial charge in [0.2, 0.25) is 5.91 Å². The molecule has 1 aliphatic carbocycles. The van der Waals surface area contributed by atoms with E-state index in [1.165, 1.54) is 42.2 Å². The van der Waals surface area contributed by atoms with Gasteiger partial charge in [0.05, 0.1) is 4.92 Å². The minimum Gasteiger partial charge on any atom is -0.334 e. The van der Waals surface area contributed by atoms with Crippen LogP contribution in [-0.2, 0) is 21.7 Å². The van der Waals surface area contributed by atoms with Crippen LogP contribution in [0.4, 0.5) is 14.9 Å². The van der Waals surface area contributed by atoms with Crippen LogP contribution in [0, 0.1) is 15.9 Å². The number of carbonyl (C=O) groups is 3. The van der Waals surface area contributed by atoms with E-state index in [9.17, 15) is 28.9 Å². The molecule has 2 aromatic rings. The number of urea groups is 1. The van der Waals surface area contributed by atoms with Crippen molar-refractivity contribution in [1.82, 2.24) is 15.1 Å². The molecule has 9 nitrogen and oxygen atoms in total. The number of nitro benzene ring substituents is 1. The zero-order valence-corrected chi connectivity index (χ0v) is 17.3. The number of nitro groups is 1. The highest BCUT2D eigenvalue weighted by atomic mass is 19.1.